The number of benzene rings is 1. The van der Waals surface area contributed by atoms with Crippen LogP contribution >= 0.6 is 0 Å². The van der Waals surface area contributed by atoms with Crippen molar-refractivity contribution in [1.82, 2.24) is 20.1 Å². The van der Waals surface area contributed by atoms with Crippen molar-refractivity contribution >= 4 is 5.91 Å². The molecule has 33 heavy (non-hydrogen) atoms. The molecule has 1 aromatic heterocycles. The number of amides is 1. The monoisotopic (exact) mass is 466 g/mol. The van der Waals surface area contributed by atoms with Crippen molar-refractivity contribution in [3.8, 4) is 0 Å². The van der Waals surface area contributed by atoms with Crippen LogP contribution in [-0.2, 0) is 19.3 Å². The van der Waals surface area contributed by atoms with Gasteiger partial charge < -0.3 is 14.8 Å². The van der Waals surface area contributed by atoms with Gasteiger partial charge in [0, 0.05) is 39.3 Å². The van der Waals surface area contributed by atoms with E-state index in [1.165, 1.54) is 18.4 Å². The summed E-state index contributed by atoms with van der Waals surface area (Å²) in [4.78, 5) is 20.9. The summed E-state index contributed by atoms with van der Waals surface area (Å²) in [6.45, 7) is 7.91. The highest BCUT2D eigenvalue weighted by Gasteiger charge is 2.30. The molecule has 7 nitrogen and oxygen atoms in total. The first-order valence-corrected chi connectivity index (χ1v) is 10.9. The first-order valence-electron chi connectivity index (χ1n) is 10.9. The molecule has 2 aromatic rings. The van der Waals surface area contributed by atoms with Gasteiger partial charge in [-0.05, 0) is 30.5 Å². The molecule has 1 amide bonds. The molecular weight excluding hydrogens is 437 g/mol. The number of nitrogens with zero attached hydrogens (tertiary/aromatic N) is 3. The summed E-state index contributed by atoms with van der Waals surface area (Å²) >= 11 is 0. The number of nitrogens with one attached hydrogen (secondary N) is 1. The van der Waals surface area contributed by atoms with Crippen LogP contribution in [0.15, 0.2) is 47.6 Å². The summed E-state index contributed by atoms with van der Waals surface area (Å²) in [5.41, 5.74) is -0.334. The maximum atomic E-state index is 12.8. The molecule has 1 aliphatic rings. The number of hydrogen-bond donors (Lipinski definition) is 2. The van der Waals surface area contributed by atoms with Gasteiger partial charge in [0.2, 0.25) is 5.89 Å². The average Bonchev–Trinajstić information content (AvgIpc) is 3.25. The lowest BCUT2D eigenvalue weighted by Crippen LogP contribution is -2.48. The van der Waals surface area contributed by atoms with Gasteiger partial charge in [0.25, 0.3) is 5.91 Å². The minimum Gasteiger partial charge on any atom is -0.447 e. The fourth-order valence-corrected chi connectivity index (χ4v) is 3.64. The van der Waals surface area contributed by atoms with E-state index in [1.807, 2.05) is 0 Å². The molecule has 10 heteroatoms. The number of oxazole rings is 1. The molecule has 0 radical (unpaired) electrons. The lowest BCUT2D eigenvalue weighted by atomic mass is 10.1. The molecule has 1 aromatic carbocycles. The Bertz CT molecular complexity index is 924. The summed E-state index contributed by atoms with van der Waals surface area (Å²) in [5, 5.41) is 12.6. The number of alkyl halides is 3. The van der Waals surface area contributed by atoms with Gasteiger partial charge in [-0.15, -0.1) is 6.58 Å². The highest BCUT2D eigenvalue weighted by molar-refractivity contribution is 5.91. The molecule has 0 saturated carbocycles. The number of β-amino-alcohol motifs (C(OH)–C–C–N with tert-alkyl or cyclic N) is 1. The van der Waals surface area contributed by atoms with Crippen molar-refractivity contribution in [2.24, 2.45) is 0 Å². The molecule has 0 spiro atoms. The Hall–Kier alpha value is -2.69. The van der Waals surface area contributed by atoms with Crippen molar-refractivity contribution in [3.05, 3.63) is 65.9 Å². The van der Waals surface area contributed by atoms with Crippen molar-refractivity contribution in [2.45, 2.75) is 38.2 Å². The zero-order chi connectivity index (χ0) is 23.8. The number of piperazine rings is 1. The highest BCUT2D eigenvalue weighted by Crippen LogP contribution is 2.29. The second-order valence-electron chi connectivity index (χ2n) is 8.10. The molecule has 0 aliphatic carbocycles. The van der Waals surface area contributed by atoms with E-state index in [0.717, 1.165) is 44.7 Å². The van der Waals surface area contributed by atoms with Gasteiger partial charge in [0.05, 0.1) is 18.2 Å². The molecule has 1 atom stereocenters. The average molecular weight is 467 g/mol. The maximum absolute atomic E-state index is 12.8. The predicted molar refractivity (Wildman–Crippen MR) is 116 cm³/mol. The first kappa shape index (κ1) is 24.9. The van der Waals surface area contributed by atoms with Crippen molar-refractivity contribution in [1.29, 1.82) is 0 Å². The van der Waals surface area contributed by atoms with Crippen molar-refractivity contribution in [2.75, 3.05) is 32.7 Å². The maximum Gasteiger partial charge on any atom is 0.416 e. The zero-order valence-corrected chi connectivity index (χ0v) is 18.4. The van der Waals surface area contributed by atoms with Crippen LogP contribution in [0.25, 0.3) is 0 Å². The van der Waals surface area contributed by atoms with E-state index >= 15 is 0 Å². The van der Waals surface area contributed by atoms with Gasteiger partial charge in [-0.3, -0.25) is 14.6 Å². The molecule has 2 N–H and O–H groups in total. The summed E-state index contributed by atoms with van der Waals surface area (Å²) in [6.07, 6.45) is -0.240. The number of aliphatic hydroxyl groups is 1. The van der Waals surface area contributed by atoms with Crippen LogP contribution in [0.3, 0.4) is 0 Å². The molecule has 180 valence electrons. The molecule has 1 fully saturated rings. The van der Waals surface area contributed by atoms with Crippen LogP contribution in [0, 0.1) is 0 Å². The van der Waals surface area contributed by atoms with E-state index < -0.39 is 17.6 Å². The van der Waals surface area contributed by atoms with Gasteiger partial charge >= 0.3 is 6.18 Å². The number of aromatic nitrogens is 1. The fourth-order valence-electron chi connectivity index (χ4n) is 3.64. The Morgan fingerprint density at radius 1 is 1.27 bits per heavy atom. The van der Waals surface area contributed by atoms with Crippen LogP contribution in [-0.4, -0.2) is 64.6 Å². The highest BCUT2D eigenvalue weighted by atomic mass is 19.4. The van der Waals surface area contributed by atoms with Gasteiger partial charge in [0.1, 0.15) is 6.26 Å². The quantitative estimate of drug-likeness (QED) is 0.524. The SMILES string of the molecule is C=CCCC(O)CN1CCN(Cc2nc(C(=O)NCc3cccc(C(F)(F)F)c3)co2)CC1. The summed E-state index contributed by atoms with van der Waals surface area (Å²) < 4.78 is 43.9. The van der Waals surface area contributed by atoms with Gasteiger partial charge in [-0.25, -0.2) is 4.98 Å². The molecule has 2 heterocycles. The molecule has 0 bridgehead atoms. The number of allylic oxidation sites excluding steroid dienone is 1. The number of carbonyl (C=O) groups excluding carboxylic acids is 1. The Morgan fingerprint density at radius 2 is 2.00 bits per heavy atom. The smallest absolute Gasteiger partial charge is 0.416 e. The number of aliphatic hydroxyl groups excluding tert-OH is 1. The van der Waals surface area contributed by atoms with Crippen LogP contribution in [0.4, 0.5) is 13.2 Å². The fraction of sp³-hybridized carbons (Fsp3) is 0.478. The second kappa shape index (κ2) is 11.4. The largest absolute Gasteiger partial charge is 0.447 e. The third-order valence-corrected chi connectivity index (χ3v) is 5.49. The molecule has 3 rings (SSSR count). The van der Waals surface area contributed by atoms with Gasteiger partial charge in [-0.2, -0.15) is 13.2 Å². The third kappa shape index (κ3) is 7.69. The van der Waals surface area contributed by atoms with Crippen LogP contribution < -0.4 is 5.32 Å². The van der Waals surface area contributed by atoms with Crippen molar-refractivity contribution in [3.63, 3.8) is 0 Å². The summed E-state index contributed by atoms with van der Waals surface area (Å²) in [5.74, 6) is -0.112. The van der Waals surface area contributed by atoms with Gasteiger partial charge in [-0.1, -0.05) is 18.2 Å². The van der Waals surface area contributed by atoms with E-state index in [9.17, 15) is 23.1 Å². The Kier molecular flexibility index (Phi) is 8.65. The van der Waals surface area contributed by atoms with Crippen LogP contribution in [0.5, 0.6) is 0 Å². The lowest BCUT2D eigenvalue weighted by Gasteiger charge is -2.34. The molecule has 1 unspecified atom stereocenters. The normalized spacial score (nSPS) is 16.5. The third-order valence-electron chi connectivity index (χ3n) is 5.49. The number of hydrogen-bond acceptors (Lipinski definition) is 6. The molecule has 1 aliphatic heterocycles. The number of halogens is 3. The number of carbonyl (C=O) groups is 1. The van der Waals surface area contributed by atoms with Crippen LogP contribution in [0.1, 0.15) is 40.3 Å². The standard InChI is InChI=1S/C23H29F3N4O3/c1-2-3-7-19(31)14-29-8-10-30(11-9-29)15-21-28-20(16-33-21)22(32)27-13-17-5-4-6-18(12-17)23(24,25)26/h2,4-6,12,16,19,31H,1,3,7-11,13-15H2,(H,27,32). The van der Waals surface area contributed by atoms with Gasteiger partial charge in [0.15, 0.2) is 5.69 Å². The first-order chi connectivity index (χ1) is 15.7. The summed E-state index contributed by atoms with van der Waals surface area (Å²) in [6, 6.07) is 4.81. The Labute approximate surface area is 190 Å². The topological polar surface area (TPSA) is 81.8 Å². The minimum atomic E-state index is -4.43. The predicted octanol–water partition coefficient (Wildman–Crippen LogP) is 3.07. The van der Waals surface area contributed by atoms with E-state index in [-0.39, 0.29) is 18.3 Å². The number of rotatable bonds is 10. The van der Waals surface area contributed by atoms with Crippen molar-refractivity contribution < 1.29 is 27.5 Å². The molecular formula is C23H29F3N4O3. The zero-order valence-electron chi connectivity index (χ0n) is 18.4. The second-order valence-corrected chi connectivity index (χ2v) is 8.10. The molecule has 1 saturated heterocycles. The van der Waals surface area contributed by atoms with E-state index in [2.05, 4.69) is 26.7 Å². The Morgan fingerprint density at radius 3 is 2.70 bits per heavy atom. The summed E-state index contributed by atoms with van der Waals surface area (Å²) in [7, 11) is 0. The Balaban J connectivity index is 1.44. The van der Waals surface area contributed by atoms with E-state index in [0.29, 0.717) is 31.0 Å². The van der Waals surface area contributed by atoms with Crippen LogP contribution in [0.2, 0.25) is 0 Å². The minimum absolute atomic E-state index is 0.0500. The van der Waals surface area contributed by atoms with E-state index in [4.69, 9.17) is 4.42 Å². The lowest BCUT2D eigenvalue weighted by molar-refractivity contribution is -0.137. The van der Waals surface area contributed by atoms with E-state index in [1.54, 1.807) is 6.08 Å².